The Morgan fingerprint density at radius 2 is 1.75 bits per heavy atom. The number of guanidine groups is 1. The number of halogens is 3. The molecular formula is C22H19F3N4O2S. The molecule has 6 nitrogen and oxygen atoms in total. The third kappa shape index (κ3) is 4.05. The molecule has 32 heavy (non-hydrogen) atoms. The minimum absolute atomic E-state index is 0.0110. The quantitative estimate of drug-likeness (QED) is 0.595. The zero-order valence-electron chi connectivity index (χ0n) is 16.9. The second kappa shape index (κ2) is 8.62. The van der Waals surface area contributed by atoms with E-state index in [4.69, 9.17) is 0 Å². The van der Waals surface area contributed by atoms with E-state index in [1.54, 1.807) is 13.0 Å². The number of pyridine rings is 1. The van der Waals surface area contributed by atoms with E-state index in [1.807, 2.05) is 0 Å². The average Bonchev–Trinajstić information content (AvgIpc) is 2.75. The second-order valence-electron chi connectivity index (χ2n) is 7.14. The van der Waals surface area contributed by atoms with Crippen LogP contribution in [0.15, 0.2) is 64.6 Å². The summed E-state index contributed by atoms with van der Waals surface area (Å²) in [5.74, 6) is -2.75. The number of fused-ring (bicyclic) bond motifs is 1. The molecule has 2 aromatic carbocycles. The van der Waals surface area contributed by atoms with Gasteiger partial charge in [0.25, 0.3) is 10.0 Å². The number of benzene rings is 2. The van der Waals surface area contributed by atoms with Gasteiger partial charge < -0.3 is 5.32 Å². The minimum Gasteiger partial charge on any atom is -0.324 e. The number of rotatable bonds is 5. The fraction of sp³-hybridized carbons (Fsp3) is 0.182. The molecule has 1 aliphatic heterocycles. The van der Waals surface area contributed by atoms with Gasteiger partial charge in [-0.05, 0) is 42.3 Å². The Balaban J connectivity index is 1.81. The van der Waals surface area contributed by atoms with Crippen molar-refractivity contribution >= 4 is 21.7 Å². The lowest BCUT2D eigenvalue weighted by Crippen LogP contribution is -2.41. The van der Waals surface area contributed by atoms with Crippen molar-refractivity contribution in [2.75, 3.05) is 5.32 Å². The summed E-state index contributed by atoms with van der Waals surface area (Å²) in [7, 11) is -4.10. The number of nitrogens with zero attached hydrogens (tertiary/aromatic N) is 2. The molecule has 4 rings (SSSR count). The van der Waals surface area contributed by atoms with Gasteiger partial charge in [-0.2, -0.15) is 0 Å². The van der Waals surface area contributed by atoms with E-state index in [0.29, 0.717) is 6.42 Å². The minimum atomic E-state index is -4.10. The maximum Gasteiger partial charge on any atom is 0.266 e. The first kappa shape index (κ1) is 21.8. The van der Waals surface area contributed by atoms with Crippen molar-refractivity contribution in [2.45, 2.75) is 30.7 Å². The third-order valence-corrected chi connectivity index (χ3v) is 6.56. The van der Waals surface area contributed by atoms with E-state index in [9.17, 15) is 17.2 Å². The molecule has 166 valence electrons. The average molecular weight is 460 g/mol. The van der Waals surface area contributed by atoms with Crippen molar-refractivity contribution in [3.05, 3.63) is 89.0 Å². The Bertz CT molecular complexity index is 1310. The second-order valence-corrected chi connectivity index (χ2v) is 8.79. The first-order valence-electron chi connectivity index (χ1n) is 9.82. The maximum atomic E-state index is 15.0. The molecule has 0 fully saturated rings. The normalized spacial score (nSPS) is 16.7. The molecule has 0 saturated carbocycles. The van der Waals surface area contributed by atoms with Crippen LogP contribution in [0.3, 0.4) is 0 Å². The number of aliphatic imine (C=N–C) groups is 1. The van der Waals surface area contributed by atoms with E-state index >= 15 is 4.39 Å². The van der Waals surface area contributed by atoms with Crippen LogP contribution in [0.25, 0.3) is 0 Å². The Morgan fingerprint density at radius 3 is 2.47 bits per heavy atom. The third-order valence-electron chi connectivity index (χ3n) is 5.18. The number of hydrogen-bond acceptors (Lipinski definition) is 4. The number of anilines is 1. The first-order valence-corrected chi connectivity index (χ1v) is 11.3. The van der Waals surface area contributed by atoms with Gasteiger partial charge in [0.15, 0.2) is 0 Å². The van der Waals surface area contributed by atoms with Crippen LogP contribution in [0.4, 0.5) is 18.9 Å². The van der Waals surface area contributed by atoms with Gasteiger partial charge >= 0.3 is 0 Å². The van der Waals surface area contributed by atoms with Gasteiger partial charge in [0, 0.05) is 17.7 Å². The summed E-state index contributed by atoms with van der Waals surface area (Å²) < 4.78 is 71.3. The van der Waals surface area contributed by atoms with Crippen LogP contribution in [0, 0.1) is 17.5 Å². The molecule has 1 atom stereocenters. The fourth-order valence-corrected chi connectivity index (χ4v) is 4.85. The summed E-state index contributed by atoms with van der Waals surface area (Å²) in [5, 5.41) is 2.80. The summed E-state index contributed by atoms with van der Waals surface area (Å²) in [6.07, 6.45) is 1.70. The Labute approximate surface area is 183 Å². The molecule has 1 aliphatic rings. The smallest absolute Gasteiger partial charge is 0.266 e. The summed E-state index contributed by atoms with van der Waals surface area (Å²) in [6.45, 7) is 1.51. The van der Waals surface area contributed by atoms with Gasteiger partial charge in [-0.25, -0.2) is 31.3 Å². The van der Waals surface area contributed by atoms with Gasteiger partial charge in [-0.3, -0.25) is 4.98 Å². The predicted octanol–water partition coefficient (Wildman–Crippen LogP) is 4.30. The molecular weight excluding hydrogens is 441 g/mol. The number of sulfonamides is 1. The zero-order chi connectivity index (χ0) is 22.9. The molecule has 2 N–H and O–H groups in total. The van der Waals surface area contributed by atoms with E-state index < -0.39 is 33.4 Å². The van der Waals surface area contributed by atoms with Gasteiger partial charge in [0.1, 0.15) is 22.3 Å². The van der Waals surface area contributed by atoms with Gasteiger partial charge in [0.05, 0.1) is 17.9 Å². The molecule has 0 unspecified atom stereocenters. The topological polar surface area (TPSA) is 83.4 Å². The molecule has 0 radical (unpaired) electrons. The standard InChI is InChI=1S/C22H19F3N4O2S/c1-2-13(14-6-3-4-7-15(14)23)20-17(25)9-10-19-21(20)28-22(29-32(19,30)31)27-12-18-16(24)8-5-11-26-18/h3-11,13H,2,12H2,1H3,(H2,27,28,29)/t13-/m0/s1. The summed E-state index contributed by atoms with van der Waals surface area (Å²) in [6, 6.07) is 10.8. The van der Waals surface area contributed by atoms with E-state index in [2.05, 4.69) is 20.0 Å². The van der Waals surface area contributed by atoms with Crippen molar-refractivity contribution < 1.29 is 21.6 Å². The SMILES string of the molecule is CC[C@@H](c1ccccc1F)c1c(F)ccc2c1NC(=NCc1ncccc1F)NS2(=O)=O. The predicted molar refractivity (Wildman–Crippen MR) is 114 cm³/mol. The van der Waals surface area contributed by atoms with Gasteiger partial charge in [-0.1, -0.05) is 25.1 Å². The van der Waals surface area contributed by atoms with Gasteiger partial charge in [0.2, 0.25) is 5.96 Å². The largest absolute Gasteiger partial charge is 0.324 e. The van der Waals surface area contributed by atoms with Crippen molar-refractivity contribution in [1.82, 2.24) is 9.71 Å². The maximum absolute atomic E-state index is 15.0. The van der Waals surface area contributed by atoms with Crippen LogP contribution < -0.4 is 10.0 Å². The highest BCUT2D eigenvalue weighted by Gasteiger charge is 2.33. The number of nitrogens with one attached hydrogen (secondary N) is 2. The van der Waals surface area contributed by atoms with Crippen molar-refractivity contribution in [1.29, 1.82) is 0 Å². The van der Waals surface area contributed by atoms with Crippen LogP contribution in [-0.2, 0) is 16.6 Å². The molecule has 0 aliphatic carbocycles. The Morgan fingerprint density at radius 1 is 1.00 bits per heavy atom. The molecule has 3 aromatic rings. The highest BCUT2D eigenvalue weighted by Crippen LogP contribution is 2.40. The van der Waals surface area contributed by atoms with Crippen LogP contribution in [0.2, 0.25) is 0 Å². The summed E-state index contributed by atoms with van der Waals surface area (Å²) >= 11 is 0. The molecule has 0 saturated heterocycles. The lowest BCUT2D eigenvalue weighted by molar-refractivity contribution is 0.564. The van der Waals surface area contributed by atoms with E-state index in [0.717, 1.165) is 12.1 Å². The molecule has 0 spiro atoms. The molecule has 0 bridgehead atoms. The van der Waals surface area contributed by atoms with Crippen LogP contribution in [-0.4, -0.2) is 19.4 Å². The van der Waals surface area contributed by atoms with E-state index in [1.165, 1.54) is 36.5 Å². The number of hydrogen-bond donors (Lipinski definition) is 2. The molecule has 1 aromatic heterocycles. The highest BCUT2D eigenvalue weighted by atomic mass is 32.2. The van der Waals surface area contributed by atoms with Crippen molar-refractivity contribution in [2.24, 2.45) is 4.99 Å². The zero-order valence-corrected chi connectivity index (χ0v) is 17.8. The summed E-state index contributed by atoms with van der Waals surface area (Å²) in [5.41, 5.74) is 0.245. The molecule has 2 heterocycles. The molecule has 10 heteroatoms. The lowest BCUT2D eigenvalue weighted by atomic mass is 9.87. The van der Waals surface area contributed by atoms with Gasteiger partial charge in [-0.15, -0.1) is 0 Å². The van der Waals surface area contributed by atoms with E-state index in [-0.39, 0.29) is 39.9 Å². The fourth-order valence-electron chi connectivity index (χ4n) is 3.69. The van der Waals surface area contributed by atoms with Crippen molar-refractivity contribution in [3.8, 4) is 0 Å². The van der Waals surface area contributed by atoms with Crippen LogP contribution in [0.5, 0.6) is 0 Å². The first-order chi connectivity index (χ1) is 15.3. The monoisotopic (exact) mass is 460 g/mol. The number of aromatic nitrogens is 1. The molecule has 0 amide bonds. The van der Waals surface area contributed by atoms with Crippen LogP contribution >= 0.6 is 0 Å². The Hall–Kier alpha value is -3.40. The summed E-state index contributed by atoms with van der Waals surface area (Å²) in [4.78, 5) is 7.76. The van der Waals surface area contributed by atoms with Crippen molar-refractivity contribution in [3.63, 3.8) is 0 Å². The lowest BCUT2D eigenvalue weighted by Gasteiger charge is -2.27. The Kier molecular flexibility index (Phi) is 5.88. The highest BCUT2D eigenvalue weighted by molar-refractivity contribution is 7.90. The van der Waals surface area contributed by atoms with Crippen LogP contribution in [0.1, 0.15) is 36.1 Å².